The SMILES string of the molecule is COc1cc(O)c2c(=O)c(OC3C[C@@H](C)[C@H](O)[C@@H](O)[C@H]3O)c(-c3cc(O)c(O)c(O)c3)oc2c1OC(C)=O. The molecule has 0 saturated heterocycles. The van der Waals surface area contributed by atoms with Crippen molar-refractivity contribution in [2.45, 2.75) is 44.7 Å². The number of carbonyl (C=O) groups is 1. The van der Waals surface area contributed by atoms with Gasteiger partial charge in [-0.1, -0.05) is 6.92 Å². The maximum absolute atomic E-state index is 13.7. The number of ether oxygens (including phenoxy) is 3. The predicted octanol–water partition coefficient (Wildman–Crippen LogP) is 1.09. The van der Waals surface area contributed by atoms with Gasteiger partial charge in [-0.3, -0.25) is 9.59 Å². The molecule has 1 fully saturated rings. The van der Waals surface area contributed by atoms with Gasteiger partial charge in [0.1, 0.15) is 29.4 Å². The van der Waals surface area contributed by atoms with Crippen molar-refractivity contribution >= 4 is 16.9 Å². The van der Waals surface area contributed by atoms with Gasteiger partial charge in [0, 0.05) is 18.6 Å². The molecule has 0 bridgehead atoms. The molecule has 7 N–H and O–H groups in total. The molecule has 204 valence electrons. The summed E-state index contributed by atoms with van der Waals surface area (Å²) in [5, 5.41) is 71.0. The summed E-state index contributed by atoms with van der Waals surface area (Å²) in [5.74, 6) is -6.04. The second-order valence-corrected chi connectivity index (χ2v) is 9.02. The van der Waals surface area contributed by atoms with Gasteiger partial charge < -0.3 is 54.4 Å². The summed E-state index contributed by atoms with van der Waals surface area (Å²) in [6, 6.07) is 2.89. The molecule has 1 aliphatic rings. The van der Waals surface area contributed by atoms with Gasteiger partial charge in [-0.05, 0) is 24.5 Å². The Morgan fingerprint density at radius 3 is 2.16 bits per heavy atom. The van der Waals surface area contributed by atoms with Gasteiger partial charge in [0.15, 0.2) is 34.3 Å². The van der Waals surface area contributed by atoms with Crippen LogP contribution in [0.3, 0.4) is 0 Å². The standard InChI is InChI=1S/C25H26O13/c1-8-4-14(19(32)21(34)17(8)30)37-25-20(33)16-11(27)7-15(35-3)23(36-9(2)26)24(16)38-22(25)10-5-12(28)18(31)13(29)6-10/h5-8,14,17,19,21,27-32,34H,4H2,1-3H3/t8-,14?,17+,19+,21-/m1/s1. The number of phenols is 4. The first-order valence-corrected chi connectivity index (χ1v) is 11.4. The Morgan fingerprint density at radius 2 is 1.58 bits per heavy atom. The molecule has 1 heterocycles. The summed E-state index contributed by atoms with van der Waals surface area (Å²) in [4.78, 5) is 25.5. The van der Waals surface area contributed by atoms with Gasteiger partial charge in [-0.2, -0.15) is 0 Å². The van der Waals surface area contributed by atoms with Crippen molar-refractivity contribution in [1.82, 2.24) is 0 Å². The lowest BCUT2D eigenvalue weighted by Gasteiger charge is -2.39. The predicted molar refractivity (Wildman–Crippen MR) is 129 cm³/mol. The van der Waals surface area contributed by atoms with Gasteiger partial charge in [-0.25, -0.2) is 0 Å². The monoisotopic (exact) mass is 534 g/mol. The largest absolute Gasteiger partial charge is 0.507 e. The molecule has 1 unspecified atom stereocenters. The minimum Gasteiger partial charge on any atom is -0.507 e. The van der Waals surface area contributed by atoms with E-state index in [1.165, 1.54) is 7.11 Å². The van der Waals surface area contributed by atoms with E-state index in [9.17, 15) is 45.3 Å². The lowest BCUT2D eigenvalue weighted by Crippen LogP contribution is -2.54. The second kappa shape index (κ2) is 9.93. The molecule has 5 atom stereocenters. The molecular weight excluding hydrogens is 508 g/mol. The molecule has 0 aliphatic heterocycles. The van der Waals surface area contributed by atoms with Crippen molar-refractivity contribution in [1.29, 1.82) is 0 Å². The molecule has 2 aromatic carbocycles. The number of aliphatic hydroxyl groups excluding tert-OH is 3. The fourth-order valence-electron chi connectivity index (χ4n) is 4.38. The fraction of sp³-hybridized carbons (Fsp3) is 0.360. The molecular formula is C25H26O13. The number of benzene rings is 2. The van der Waals surface area contributed by atoms with E-state index in [2.05, 4.69) is 0 Å². The van der Waals surface area contributed by atoms with Crippen LogP contribution in [-0.4, -0.2) is 73.2 Å². The Kier molecular flexibility index (Phi) is 7.02. The smallest absolute Gasteiger partial charge is 0.308 e. The second-order valence-electron chi connectivity index (χ2n) is 9.02. The van der Waals surface area contributed by atoms with Crippen LogP contribution in [-0.2, 0) is 4.79 Å². The number of carbonyl (C=O) groups excluding carboxylic acids is 1. The third-order valence-electron chi connectivity index (χ3n) is 6.36. The summed E-state index contributed by atoms with van der Waals surface area (Å²) >= 11 is 0. The minimum absolute atomic E-state index is 0.00429. The lowest BCUT2D eigenvalue weighted by atomic mass is 9.82. The summed E-state index contributed by atoms with van der Waals surface area (Å²) in [6.45, 7) is 2.68. The van der Waals surface area contributed by atoms with Crippen LogP contribution < -0.4 is 19.6 Å². The molecule has 38 heavy (non-hydrogen) atoms. The van der Waals surface area contributed by atoms with E-state index in [1.807, 2.05) is 0 Å². The topological polar surface area (TPSA) is 217 Å². The van der Waals surface area contributed by atoms with Gasteiger partial charge in [-0.15, -0.1) is 0 Å². The molecule has 0 radical (unpaired) electrons. The van der Waals surface area contributed by atoms with Gasteiger partial charge in [0.05, 0.1) is 13.2 Å². The van der Waals surface area contributed by atoms with Crippen LogP contribution in [0.5, 0.6) is 40.2 Å². The third-order valence-corrected chi connectivity index (χ3v) is 6.36. The summed E-state index contributed by atoms with van der Waals surface area (Å²) in [5.41, 5.74) is -1.66. The Hall–Kier alpha value is -4.20. The molecule has 0 amide bonds. The van der Waals surface area contributed by atoms with Gasteiger partial charge in [0.2, 0.25) is 16.9 Å². The van der Waals surface area contributed by atoms with Crippen molar-refractivity contribution < 1.29 is 59.2 Å². The molecule has 3 aromatic rings. The third kappa shape index (κ3) is 4.51. The number of aliphatic hydroxyl groups is 3. The zero-order chi connectivity index (χ0) is 28.0. The highest BCUT2D eigenvalue weighted by Crippen LogP contribution is 2.46. The highest BCUT2D eigenvalue weighted by Gasteiger charge is 2.43. The van der Waals surface area contributed by atoms with Crippen molar-refractivity contribution in [2.75, 3.05) is 7.11 Å². The van der Waals surface area contributed by atoms with Gasteiger partial charge >= 0.3 is 5.97 Å². The number of rotatable bonds is 5. The Balaban J connectivity index is 2.04. The number of phenolic OH excluding ortho intramolecular Hbond substituents is 4. The quantitative estimate of drug-likeness (QED) is 0.139. The van der Waals surface area contributed by atoms with E-state index in [0.717, 1.165) is 25.1 Å². The molecule has 1 aliphatic carbocycles. The van der Waals surface area contributed by atoms with E-state index in [1.54, 1.807) is 6.92 Å². The number of fused-ring (bicyclic) bond motifs is 1. The van der Waals surface area contributed by atoms with E-state index >= 15 is 0 Å². The van der Waals surface area contributed by atoms with Crippen molar-refractivity contribution in [3.8, 4) is 51.6 Å². The normalized spacial score (nSPS) is 23.3. The average molecular weight is 534 g/mol. The van der Waals surface area contributed by atoms with E-state index in [0.29, 0.717) is 0 Å². The maximum atomic E-state index is 13.7. The van der Waals surface area contributed by atoms with Crippen molar-refractivity contribution in [3.63, 3.8) is 0 Å². The van der Waals surface area contributed by atoms with Crippen LogP contribution in [0.25, 0.3) is 22.3 Å². The van der Waals surface area contributed by atoms with Crippen LogP contribution in [0, 0.1) is 5.92 Å². The zero-order valence-corrected chi connectivity index (χ0v) is 20.4. The number of methoxy groups -OCH3 is 1. The minimum atomic E-state index is -1.63. The van der Waals surface area contributed by atoms with E-state index in [-0.39, 0.29) is 23.5 Å². The summed E-state index contributed by atoms with van der Waals surface area (Å²) in [7, 11) is 1.21. The Morgan fingerprint density at radius 1 is 0.947 bits per heavy atom. The summed E-state index contributed by atoms with van der Waals surface area (Å²) in [6.07, 6.45) is -5.74. The van der Waals surface area contributed by atoms with Crippen molar-refractivity contribution in [2.24, 2.45) is 5.92 Å². The molecule has 1 saturated carbocycles. The molecule has 0 spiro atoms. The first-order valence-electron chi connectivity index (χ1n) is 11.4. The number of aromatic hydroxyl groups is 4. The van der Waals surface area contributed by atoms with Crippen LogP contribution in [0.15, 0.2) is 27.4 Å². The first-order chi connectivity index (χ1) is 17.8. The van der Waals surface area contributed by atoms with Crippen LogP contribution >= 0.6 is 0 Å². The van der Waals surface area contributed by atoms with E-state index in [4.69, 9.17) is 18.6 Å². The molecule has 4 rings (SSSR count). The van der Waals surface area contributed by atoms with Crippen molar-refractivity contribution in [3.05, 3.63) is 28.4 Å². The fourth-order valence-corrected chi connectivity index (χ4v) is 4.38. The number of hydrogen-bond acceptors (Lipinski definition) is 13. The van der Waals surface area contributed by atoms with Gasteiger partial charge in [0.25, 0.3) is 0 Å². The Labute approximate surface area is 214 Å². The first kappa shape index (κ1) is 26.9. The van der Waals surface area contributed by atoms with Crippen LogP contribution in [0.2, 0.25) is 0 Å². The number of esters is 1. The highest BCUT2D eigenvalue weighted by atomic mass is 16.6. The summed E-state index contributed by atoms with van der Waals surface area (Å²) < 4.78 is 22.0. The zero-order valence-electron chi connectivity index (χ0n) is 20.4. The average Bonchev–Trinajstić information content (AvgIpc) is 2.86. The lowest BCUT2D eigenvalue weighted by molar-refractivity contribution is -0.147. The van der Waals surface area contributed by atoms with Crippen LogP contribution in [0.4, 0.5) is 0 Å². The molecule has 13 nitrogen and oxygen atoms in total. The highest BCUT2D eigenvalue weighted by molar-refractivity contribution is 5.95. The number of hydrogen-bond donors (Lipinski definition) is 7. The molecule has 1 aromatic heterocycles. The van der Waals surface area contributed by atoms with Crippen LogP contribution in [0.1, 0.15) is 20.3 Å². The molecule has 13 heteroatoms. The van der Waals surface area contributed by atoms with E-state index < -0.39 is 87.2 Å². The Bertz CT molecular complexity index is 1440. The maximum Gasteiger partial charge on any atom is 0.308 e.